The summed E-state index contributed by atoms with van der Waals surface area (Å²) >= 11 is 0. The average Bonchev–Trinajstić information content (AvgIpc) is 3.10. The van der Waals surface area contributed by atoms with Crippen LogP contribution in [0, 0.1) is 5.92 Å². The fraction of sp³-hybridized carbons (Fsp3) is 0.438. The Morgan fingerprint density at radius 2 is 2.18 bits per heavy atom. The number of hydrogen-bond donors (Lipinski definition) is 1. The van der Waals surface area contributed by atoms with Crippen molar-refractivity contribution in [3.8, 4) is 5.82 Å². The highest BCUT2D eigenvalue weighted by molar-refractivity contribution is 5.94. The first-order chi connectivity index (χ1) is 10.8. The summed E-state index contributed by atoms with van der Waals surface area (Å²) in [6.45, 7) is 2.69. The molecule has 6 nitrogen and oxygen atoms in total. The summed E-state index contributed by atoms with van der Waals surface area (Å²) in [4.78, 5) is 22.8. The molecule has 1 saturated heterocycles. The SMILES string of the molecule is CNCC1CCN(C(=O)c2ccc(-n3ccnc3)nc2)CC1. The van der Waals surface area contributed by atoms with Crippen LogP contribution in [-0.2, 0) is 0 Å². The molecule has 2 aromatic heterocycles. The number of piperidine rings is 1. The summed E-state index contributed by atoms with van der Waals surface area (Å²) in [5.41, 5.74) is 0.649. The molecule has 1 aliphatic heterocycles. The third-order valence-electron chi connectivity index (χ3n) is 4.16. The first-order valence-electron chi connectivity index (χ1n) is 7.66. The number of imidazole rings is 1. The Hall–Kier alpha value is -2.21. The number of pyridine rings is 1. The standard InChI is InChI=1S/C16H21N5O/c1-17-10-13-4-7-20(8-5-13)16(22)14-2-3-15(19-11-14)21-9-6-18-12-21/h2-3,6,9,11-13,17H,4-5,7-8,10H2,1H3. The number of rotatable bonds is 4. The summed E-state index contributed by atoms with van der Waals surface area (Å²) in [5.74, 6) is 1.52. The lowest BCUT2D eigenvalue weighted by molar-refractivity contribution is 0.0690. The lowest BCUT2D eigenvalue weighted by Crippen LogP contribution is -2.40. The molecule has 0 unspecified atom stereocenters. The van der Waals surface area contributed by atoms with Crippen molar-refractivity contribution >= 4 is 5.91 Å². The molecule has 1 aliphatic rings. The smallest absolute Gasteiger partial charge is 0.255 e. The second kappa shape index (κ2) is 6.70. The van der Waals surface area contributed by atoms with Gasteiger partial charge in [-0.2, -0.15) is 0 Å². The van der Waals surface area contributed by atoms with Crippen LogP contribution in [-0.4, -0.2) is 52.0 Å². The Labute approximate surface area is 130 Å². The number of likely N-dealkylation sites (tertiary alicyclic amines) is 1. The Bertz CT molecular complexity index is 600. The van der Waals surface area contributed by atoms with Gasteiger partial charge in [0.25, 0.3) is 5.91 Å². The van der Waals surface area contributed by atoms with Gasteiger partial charge in [0.05, 0.1) is 5.56 Å². The van der Waals surface area contributed by atoms with Crippen molar-refractivity contribution in [2.24, 2.45) is 5.92 Å². The van der Waals surface area contributed by atoms with Gasteiger partial charge < -0.3 is 10.2 Å². The average molecular weight is 299 g/mol. The van der Waals surface area contributed by atoms with E-state index >= 15 is 0 Å². The number of nitrogens with one attached hydrogen (secondary N) is 1. The van der Waals surface area contributed by atoms with E-state index in [9.17, 15) is 4.79 Å². The molecule has 0 radical (unpaired) electrons. The summed E-state index contributed by atoms with van der Waals surface area (Å²) in [6.07, 6.45) is 9.00. The molecule has 3 rings (SSSR count). The first kappa shape index (κ1) is 14.7. The van der Waals surface area contributed by atoms with Crippen molar-refractivity contribution in [3.05, 3.63) is 42.6 Å². The Kier molecular flexibility index (Phi) is 4.48. The van der Waals surface area contributed by atoms with Crippen LogP contribution in [0.1, 0.15) is 23.2 Å². The number of hydrogen-bond acceptors (Lipinski definition) is 4. The van der Waals surface area contributed by atoms with Crippen molar-refractivity contribution in [1.82, 2.24) is 24.8 Å². The van der Waals surface area contributed by atoms with Crippen LogP contribution in [0.15, 0.2) is 37.1 Å². The fourth-order valence-electron chi connectivity index (χ4n) is 2.87. The fourth-order valence-corrected chi connectivity index (χ4v) is 2.87. The van der Waals surface area contributed by atoms with E-state index < -0.39 is 0 Å². The van der Waals surface area contributed by atoms with E-state index in [1.54, 1.807) is 18.7 Å². The quantitative estimate of drug-likeness (QED) is 0.925. The van der Waals surface area contributed by atoms with E-state index in [2.05, 4.69) is 15.3 Å². The monoisotopic (exact) mass is 299 g/mol. The summed E-state index contributed by atoms with van der Waals surface area (Å²) in [5, 5.41) is 3.21. The van der Waals surface area contributed by atoms with Crippen LogP contribution in [0.2, 0.25) is 0 Å². The molecular formula is C16H21N5O. The molecule has 0 saturated carbocycles. The van der Waals surface area contributed by atoms with Gasteiger partial charge in [-0.05, 0) is 44.5 Å². The zero-order chi connectivity index (χ0) is 15.4. The minimum absolute atomic E-state index is 0.0765. The normalized spacial score (nSPS) is 16.0. The van der Waals surface area contributed by atoms with E-state index in [0.29, 0.717) is 11.5 Å². The van der Waals surface area contributed by atoms with E-state index in [1.807, 2.05) is 34.8 Å². The largest absolute Gasteiger partial charge is 0.339 e. The lowest BCUT2D eigenvalue weighted by Gasteiger charge is -2.32. The zero-order valence-electron chi connectivity index (χ0n) is 12.8. The van der Waals surface area contributed by atoms with Gasteiger partial charge in [-0.1, -0.05) is 0 Å². The third-order valence-corrected chi connectivity index (χ3v) is 4.16. The minimum atomic E-state index is 0.0765. The molecular weight excluding hydrogens is 278 g/mol. The number of nitrogens with zero attached hydrogens (tertiary/aromatic N) is 4. The molecule has 3 heterocycles. The maximum Gasteiger partial charge on any atom is 0.255 e. The van der Waals surface area contributed by atoms with Crippen molar-refractivity contribution < 1.29 is 4.79 Å². The number of aromatic nitrogens is 3. The Morgan fingerprint density at radius 3 is 2.77 bits per heavy atom. The molecule has 0 aliphatic carbocycles. The third kappa shape index (κ3) is 3.17. The van der Waals surface area contributed by atoms with Crippen LogP contribution in [0.25, 0.3) is 5.82 Å². The Balaban J connectivity index is 1.63. The maximum atomic E-state index is 12.5. The van der Waals surface area contributed by atoms with Crippen LogP contribution >= 0.6 is 0 Å². The summed E-state index contributed by atoms with van der Waals surface area (Å²) in [7, 11) is 1.98. The molecule has 6 heteroatoms. The Morgan fingerprint density at radius 1 is 1.36 bits per heavy atom. The van der Waals surface area contributed by atoms with E-state index in [-0.39, 0.29) is 5.91 Å². The van der Waals surface area contributed by atoms with Gasteiger partial charge >= 0.3 is 0 Å². The summed E-state index contributed by atoms with van der Waals surface area (Å²) < 4.78 is 1.82. The summed E-state index contributed by atoms with van der Waals surface area (Å²) in [6, 6.07) is 3.69. The molecule has 1 N–H and O–H groups in total. The molecule has 1 fully saturated rings. The molecule has 0 spiro atoms. The van der Waals surface area contributed by atoms with Crippen LogP contribution in [0.4, 0.5) is 0 Å². The van der Waals surface area contributed by atoms with Gasteiger partial charge in [0, 0.05) is 31.7 Å². The van der Waals surface area contributed by atoms with Crippen LogP contribution in [0.5, 0.6) is 0 Å². The second-order valence-corrected chi connectivity index (χ2v) is 5.67. The maximum absolute atomic E-state index is 12.5. The topological polar surface area (TPSA) is 63.1 Å². The number of amides is 1. The van der Waals surface area contributed by atoms with E-state index in [1.165, 1.54) is 0 Å². The van der Waals surface area contributed by atoms with E-state index in [4.69, 9.17) is 0 Å². The van der Waals surface area contributed by atoms with E-state index in [0.717, 1.165) is 38.3 Å². The van der Waals surface area contributed by atoms with Crippen molar-refractivity contribution in [2.45, 2.75) is 12.8 Å². The second-order valence-electron chi connectivity index (χ2n) is 5.67. The minimum Gasteiger partial charge on any atom is -0.339 e. The van der Waals surface area contributed by atoms with Crippen LogP contribution < -0.4 is 5.32 Å². The highest BCUT2D eigenvalue weighted by atomic mass is 16.2. The first-order valence-corrected chi connectivity index (χ1v) is 7.66. The predicted molar refractivity (Wildman–Crippen MR) is 83.9 cm³/mol. The van der Waals surface area contributed by atoms with Crippen molar-refractivity contribution in [2.75, 3.05) is 26.7 Å². The molecule has 116 valence electrons. The molecule has 0 atom stereocenters. The number of carbonyl (C=O) groups is 1. The zero-order valence-corrected chi connectivity index (χ0v) is 12.8. The molecule has 2 aromatic rings. The predicted octanol–water partition coefficient (Wildman–Crippen LogP) is 1.34. The van der Waals surface area contributed by atoms with Crippen LogP contribution in [0.3, 0.4) is 0 Å². The van der Waals surface area contributed by atoms with Crippen molar-refractivity contribution in [1.29, 1.82) is 0 Å². The molecule has 1 amide bonds. The molecule has 0 bridgehead atoms. The van der Waals surface area contributed by atoms with Gasteiger partial charge in [0.15, 0.2) is 0 Å². The van der Waals surface area contributed by atoms with Gasteiger partial charge in [-0.25, -0.2) is 9.97 Å². The molecule has 0 aromatic carbocycles. The van der Waals surface area contributed by atoms with Gasteiger partial charge in [0.1, 0.15) is 12.1 Å². The highest BCUT2D eigenvalue weighted by Gasteiger charge is 2.23. The van der Waals surface area contributed by atoms with Crippen molar-refractivity contribution in [3.63, 3.8) is 0 Å². The lowest BCUT2D eigenvalue weighted by atomic mass is 9.96. The highest BCUT2D eigenvalue weighted by Crippen LogP contribution is 2.18. The van der Waals surface area contributed by atoms with Gasteiger partial charge in [-0.15, -0.1) is 0 Å². The van der Waals surface area contributed by atoms with Gasteiger partial charge in [0.2, 0.25) is 0 Å². The molecule has 22 heavy (non-hydrogen) atoms. The van der Waals surface area contributed by atoms with Gasteiger partial charge in [-0.3, -0.25) is 9.36 Å². The number of carbonyl (C=O) groups excluding carboxylic acids is 1.